The van der Waals surface area contributed by atoms with Gasteiger partial charge in [0.05, 0.1) is 0 Å². The van der Waals surface area contributed by atoms with Crippen molar-refractivity contribution in [3.8, 4) is 0 Å². The minimum atomic E-state index is -0.331. The van der Waals surface area contributed by atoms with Crippen molar-refractivity contribution in [1.29, 1.82) is 0 Å². The molecule has 1 aliphatic rings. The Morgan fingerprint density at radius 2 is 1.83 bits per heavy atom. The lowest BCUT2D eigenvalue weighted by molar-refractivity contribution is -0.139. The number of esters is 1. The quantitative estimate of drug-likeness (QED) is 0.230. The first kappa shape index (κ1) is 24.1. The molecule has 0 heterocycles. The smallest absolute Gasteiger partial charge is 0.331 e. The number of hydrogen-bond donors (Lipinski definition) is 0. The van der Waals surface area contributed by atoms with Crippen LogP contribution in [0.4, 0.5) is 0 Å². The van der Waals surface area contributed by atoms with Crippen LogP contribution in [0.3, 0.4) is 0 Å². The third kappa shape index (κ3) is 7.95. The van der Waals surface area contributed by atoms with E-state index in [4.69, 9.17) is 4.74 Å². The molecule has 0 radical (unpaired) electrons. The van der Waals surface area contributed by atoms with Crippen molar-refractivity contribution in [3.63, 3.8) is 0 Å². The maximum absolute atomic E-state index is 12.0. The first-order valence-electron chi connectivity index (χ1n) is 10.5. The third-order valence-electron chi connectivity index (χ3n) is 5.41. The first-order valence-corrected chi connectivity index (χ1v) is 11.3. The second kappa shape index (κ2) is 11.3. The lowest BCUT2D eigenvalue weighted by atomic mass is 9.72. The molecule has 0 bridgehead atoms. The summed E-state index contributed by atoms with van der Waals surface area (Å²) < 4.78 is 6.31. The molecule has 0 unspecified atom stereocenters. The lowest BCUT2D eigenvalue weighted by Crippen LogP contribution is -2.19. The molecule has 2 nitrogen and oxygen atoms in total. The van der Waals surface area contributed by atoms with E-state index in [0.717, 1.165) is 15.6 Å². The molecule has 1 aliphatic carbocycles. The highest BCUT2D eigenvalue weighted by Gasteiger charge is 2.26. The summed E-state index contributed by atoms with van der Waals surface area (Å²) >= 11 is 3.39. The summed E-state index contributed by atoms with van der Waals surface area (Å²) in [5.74, 6) is -0.331. The van der Waals surface area contributed by atoms with Crippen molar-refractivity contribution in [3.05, 3.63) is 93.1 Å². The van der Waals surface area contributed by atoms with Crippen molar-refractivity contribution >= 4 is 21.9 Å². The highest BCUT2D eigenvalue weighted by molar-refractivity contribution is 9.10. The second-order valence-electron chi connectivity index (χ2n) is 8.66. The van der Waals surface area contributed by atoms with Crippen LogP contribution in [0.25, 0.3) is 0 Å². The molecule has 0 aromatic heterocycles. The molecule has 30 heavy (non-hydrogen) atoms. The molecule has 0 aliphatic heterocycles. The molecule has 0 saturated carbocycles. The Labute approximate surface area is 190 Å². The largest absolute Gasteiger partial charge is 0.458 e. The summed E-state index contributed by atoms with van der Waals surface area (Å²) in [4.78, 5) is 12.0. The first-order chi connectivity index (χ1) is 14.2. The van der Waals surface area contributed by atoms with Crippen LogP contribution >= 0.6 is 15.9 Å². The van der Waals surface area contributed by atoms with Crippen molar-refractivity contribution < 1.29 is 9.53 Å². The van der Waals surface area contributed by atoms with Gasteiger partial charge >= 0.3 is 5.97 Å². The summed E-state index contributed by atoms with van der Waals surface area (Å²) in [6, 6.07) is 7.73. The van der Waals surface area contributed by atoms with E-state index in [1.807, 2.05) is 43.3 Å². The van der Waals surface area contributed by atoms with Crippen LogP contribution < -0.4 is 0 Å². The number of rotatable bonds is 7. The van der Waals surface area contributed by atoms with E-state index >= 15 is 0 Å². The molecule has 2 rings (SSSR count). The number of hydrogen-bond acceptors (Lipinski definition) is 2. The number of allylic oxidation sites excluding steroid dienone is 9. The van der Waals surface area contributed by atoms with E-state index in [0.29, 0.717) is 0 Å². The maximum atomic E-state index is 12.0. The SMILES string of the molecule is CC(C=CC1=C(C)CCCC1(C)C)=CC=CC(C)=CC(=O)OCc1ccc(Br)cc1. The van der Waals surface area contributed by atoms with Gasteiger partial charge in [0.15, 0.2) is 0 Å². The Morgan fingerprint density at radius 1 is 1.13 bits per heavy atom. The predicted octanol–water partition coefficient (Wildman–Crippen LogP) is 8.02. The zero-order valence-corrected chi connectivity index (χ0v) is 20.4. The summed E-state index contributed by atoms with van der Waals surface area (Å²) in [5, 5.41) is 0. The highest BCUT2D eigenvalue weighted by Crippen LogP contribution is 2.40. The third-order valence-corrected chi connectivity index (χ3v) is 5.94. The fraction of sp³-hybridized carbons (Fsp3) is 0.370. The molecule has 3 heteroatoms. The summed E-state index contributed by atoms with van der Waals surface area (Å²) in [6.45, 7) is 11.2. The molecule has 0 saturated heterocycles. The van der Waals surface area contributed by atoms with Gasteiger partial charge in [0.1, 0.15) is 6.61 Å². The van der Waals surface area contributed by atoms with Gasteiger partial charge in [-0.15, -0.1) is 0 Å². The van der Waals surface area contributed by atoms with Crippen LogP contribution in [0.1, 0.15) is 59.4 Å². The van der Waals surface area contributed by atoms with Gasteiger partial charge in [-0.05, 0) is 74.3 Å². The van der Waals surface area contributed by atoms with Crippen LogP contribution in [0.15, 0.2) is 87.5 Å². The molecular formula is C27H33BrO2. The van der Waals surface area contributed by atoms with Gasteiger partial charge in [0.2, 0.25) is 0 Å². The monoisotopic (exact) mass is 468 g/mol. The minimum Gasteiger partial charge on any atom is -0.458 e. The fourth-order valence-corrected chi connectivity index (χ4v) is 3.91. The van der Waals surface area contributed by atoms with Gasteiger partial charge in [-0.1, -0.05) is 83.4 Å². The Bertz CT molecular complexity index is 893. The van der Waals surface area contributed by atoms with Gasteiger partial charge in [-0.25, -0.2) is 4.79 Å². The summed E-state index contributed by atoms with van der Waals surface area (Å²) in [6.07, 6.45) is 15.7. The van der Waals surface area contributed by atoms with Crippen LogP contribution in [-0.4, -0.2) is 5.97 Å². The van der Waals surface area contributed by atoms with Crippen LogP contribution in [0.5, 0.6) is 0 Å². The number of halogens is 1. The van der Waals surface area contributed by atoms with Gasteiger partial charge in [0.25, 0.3) is 0 Å². The number of carbonyl (C=O) groups is 1. The van der Waals surface area contributed by atoms with E-state index in [2.05, 4.69) is 61.9 Å². The van der Waals surface area contributed by atoms with Crippen molar-refractivity contribution in [2.24, 2.45) is 5.41 Å². The van der Waals surface area contributed by atoms with Crippen molar-refractivity contribution in [2.45, 2.75) is 60.5 Å². The molecule has 160 valence electrons. The molecular weight excluding hydrogens is 436 g/mol. The van der Waals surface area contributed by atoms with E-state index < -0.39 is 0 Å². The predicted molar refractivity (Wildman–Crippen MR) is 130 cm³/mol. The van der Waals surface area contributed by atoms with Crippen molar-refractivity contribution in [1.82, 2.24) is 0 Å². The molecule has 0 spiro atoms. The normalized spacial score (nSPS) is 17.8. The number of ether oxygens (including phenoxy) is 1. The van der Waals surface area contributed by atoms with E-state index in [-0.39, 0.29) is 18.0 Å². The van der Waals surface area contributed by atoms with Gasteiger partial charge in [0, 0.05) is 10.5 Å². The Balaban J connectivity index is 1.89. The zero-order valence-electron chi connectivity index (χ0n) is 18.8. The molecule has 0 atom stereocenters. The van der Waals surface area contributed by atoms with Gasteiger partial charge < -0.3 is 4.74 Å². The van der Waals surface area contributed by atoms with E-state index in [1.54, 1.807) is 0 Å². The summed E-state index contributed by atoms with van der Waals surface area (Å²) in [5.41, 5.74) is 6.23. The molecule has 0 amide bonds. The van der Waals surface area contributed by atoms with Crippen LogP contribution in [-0.2, 0) is 16.1 Å². The van der Waals surface area contributed by atoms with E-state index in [1.165, 1.54) is 42.1 Å². The zero-order chi connectivity index (χ0) is 22.1. The standard InChI is InChI=1S/C27H33BrO2/c1-20(11-16-25-22(3)10-7-17-27(25,4)5)8-6-9-21(2)18-26(29)30-19-23-12-14-24(28)15-13-23/h6,8-9,11-16,18H,7,10,17,19H2,1-5H3. The topological polar surface area (TPSA) is 26.3 Å². The molecule has 0 N–H and O–H groups in total. The lowest BCUT2D eigenvalue weighted by Gasteiger charge is -2.32. The second-order valence-corrected chi connectivity index (χ2v) is 9.57. The van der Waals surface area contributed by atoms with E-state index in [9.17, 15) is 4.79 Å². The Kier molecular flexibility index (Phi) is 9.10. The van der Waals surface area contributed by atoms with Gasteiger partial charge in [-0.3, -0.25) is 0 Å². The Hall–Kier alpha value is -2.13. The molecule has 1 aromatic rings. The average molecular weight is 469 g/mol. The molecule has 0 fully saturated rings. The fourth-order valence-electron chi connectivity index (χ4n) is 3.64. The van der Waals surface area contributed by atoms with Crippen LogP contribution in [0, 0.1) is 5.41 Å². The van der Waals surface area contributed by atoms with Crippen LogP contribution in [0.2, 0.25) is 0 Å². The molecule has 1 aromatic carbocycles. The highest BCUT2D eigenvalue weighted by atomic mass is 79.9. The Morgan fingerprint density at radius 3 is 2.50 bits per heavy atom. The van der Waals surface area contributed by atoms with Gasteiger partial charge in [-0.2, -0.15) is 0 Å². The average Bonchev–Trinajstić information content (AvgIpc) is 2.66. The number of benzene rings is 1. The van der Waals surface area contributed by atoms with Crippen molar-refractivity contribution in [2.75, 3.05) is 0 Å². The number of carbonyl (C=O) groups excluding carboxylic acids is 1. The summed E-state index contributed by atoms with van der Waals surface area (Å²) in [7, 11) is 0. The minimum absolute atomic E-state index is 0.255. The maximum Gasteiger partial charge on any atom is 0.331 e.